The van der Waals surface area contributed by atoms with Gasteiger partial charge in [0.25, 0.3) is 0 Å². The highest BCUT2D eigenvalue weighted by Gasteiger charge is 2.38. The minimum absolute atomic E-state index is 0.101. The standard InChI is InChI=1S/C23H32N6O4/c1-17(30)27-23(10-4-2-3-5-11-23)22-26-21(33-28-22)9-8-20(31)25-18-6-7-19(24-16-18)29-12-14-32-15-13-29/h6-7,16H,2-5,8-15H2,1H3,(H,25,31)(H,27,30). The van der Waals surface area contributed by atoms with Gasteiger partial charge in [0.1, 0.15) is 11.4 Å². The molecule has 10 heteroatoms. The molecule has 0 unspecified atom stereocenters. The summed E-state index contributed by atoms with van der Waals surface area (Å²) in [5.74, 6) is 1.53. The van der Waals surface area contributed by atoms with Crippen LogP contribution in [-0.2, 0) is 26.3 Å². The summed E-state index contributed by atoms with van der Waals surface area (Å²) >= 11 is 0. The zero-order valence-electron chi connectivity index (χ0n) is 19.1. The van der Waals surface area contributed by atoms with E-state index in [1.807, 2.05) is 12.1 Å². The van der Waals surface area contributed by atoms with Crippen LogP contribution in [0.15, 0.2) is 22.9 Å². The third-order valence-electron chi connectivity index (χ3n) is 6.20. The summed E-state index contributed by atoms with van der Waals surface area (Å²) in [6.45, 7) is 4.54. The van der Waals surface area contributed by atoms with E-state index in [0.29, 0.717) is 37.0 Å². The summed E-state index contributed by atoms with van der Waals surface area (Å²) < 4.78 is 10.8. The fraction of sp³-hybridized carbons (Fsp3) is 0.609. The lowest BCUT2D eigenvalue weighted by Crippen LogP contribution is -2.45. The van der Waals surface area contributed by atoms with Gasteiger partial charge in [-0.1, -0.05) is 30.8 Å². The maximum atomic E-state index is 12.4. The van der Waals surface area contributed by atoms with Gasteiger partial charge < -0.3 is 24.8 Å². The third-order valence-corrected chi connectivity index (χ3v) is 6.20. The van der Waals surface area contributed by atoms with E-state index in [0.717, 1.165) is 57.4 Å². The Labute approximate surface area is 193 Å². The second kappa shape index (κ2) is 10.7. The molecule has 0 radical (unpaired) electrons. The molecule has 1 saturated heterocycles. The SMILES string of the molecule is CC(=O)NC1(c2noc(CCC(=O)Nc3ccc(N4CCOCC4)nc3)n2)CCCCCC1. The number of aryl methyl sites for hydroxylation is 1. The summed E-state index contributed by atoms with van der Waals surface area (Å²) in [6, 6.07) is 3.75. The van der Waals surface area contributed by atoms with Crippen LogP contribution in [0.5, 0.6) is 0 Å². The maximum Gasteiger partial charge on any atom is 0.227 e. The van der Waals surface area contributed by atoms with Gasteiger partial charge in [-0.2, -0.15) is 4.98 Å². The number of carbonyl (C=O) groups is 2. The largest absolute Gasteiger partial charge is 0.378 e. The number of nitrogens with one attached hydrogen (secondary N) is 2. The Bertz CT molecular complexity index is 931. The highest BCUT2D eigenvalue weighted by molar-refractivity contribution is 5.90. The van der Waals surface area contributed by atoms with Crippen molar-refractivity contribution in [1.82, 2.24) is 20.4 Å². The van der Waals surface area contributed by atoms with Crippen LogP contribution in [0, 0.1) is 0 Å². The molecule has 0 atom stereocenters. The van der Waals surface area contributed by atoms with Crippen LogP contribution in [0.25, 0.3) is 0 Å². The Morgan fingerprint density at radius 3 is 2.55 bits per heavy atom. The molecular formula is C23H32N6O4. The molecule has 2 amide bonds. The van der Waals surface area contributed by atoms with Gasteiger partial charge in [0.2, 0.25) is 17.7 Å². The van der Waals surface area contributed by atoms with Gasteiger partial charge in [0, 0.05) is 32.9 Å². The molecule has 0 aromatic carbocycles. The highest BCUT2D eigenvalue weighted by Crippen LogP contribution is 2.34. The van der Waals surface area contributed by atoms with E-state index in [-0.39, 0.29) is 18.2 Å². The van der Waals surface area contributed by atoms with Crippen LogP contribution in [0.1, 0.15) is 63.6 Å². The monoisotopic (exact) mass is 456 g/mol. The highest BCUT2D eigenvalue weighted by atomic mass is 16.5. The Kier molecular flexibility index (Phi) is 7.54. The van der Waals surface area contributed by atoms with Gasteiger partial charge in [0.15, 0.2) is 5.82 Å². The number of aromatic nitrogens is 3. The number of hydrogen-bond donors (Lipinski definition) is 2. The first-order valence-electron chi connectivity index (χ1n) is 11.7. The molecule has 0 bridgehead atoms. The van der Waals surface area contributed by atoms with Crippen molar-refractivity contribution < 1.29 is 18.8 Å². The summed E-state index contributed by atoms with van der Waals surface area (Å²) in [5, 5.41) is 10.1. The first-order chi connectivity index (χ1) is 16.0. The number of nitrogens with zero attached hydrogens (tertiary/aromatic N) is 4. The summed E-state index contributed by atoms with van der Waals surface area (Å²) in [7, 11) is 0. The zero-order valence-corrected chi connectivity index (χ0v) is 19.1. The van der Waals surface area contributed by atoms with E-state index in [1.165, 1.54) is 6.92 Å². The second-order valence-corrected chi connectivity index (χ2v) is 8.74. The van der Waals surface area contributed by atoms with Crippen molar-refractivity contribution in [3.8, 4) is 0 Å². The van der Waals surface area contributed by atoms with Crippen LogP contribution in [0.3, 0.4) is 0 Å². The Morgan fingerprint density at radius 2 is 1.88 bits per heavy atom. The summed E-state index contributed by atoms with van der Waals surface area (Å²) in [6.07, 6.45) is 8.06. The van der Waals surface area contributed by atoms with Crippen molar-refractivity contribution in [3.63, 3.8) is 0 Å². The minimum atomic E-state index is -0.583. The Morgan fingerprint density at radius 1 is 1.12 bits per heavy atom. The van der Waals surface area contributed by atoms with Gasteiger partial charge >= 0.3 is 0 Å². The molecule has 1 aliphatic carbocycles. The minimum Gasteiger partial charge on any atom is -0.378 e. The van der Waals surface area contributed by atoms with Crippen molar-refractivity contribution >= 4 is 23.3 Å². The number of amides is 2. The topological polar surface area (TPSA) is 122 Å². The number of rotatable bonds is 7. The Balaban J connectivity index is 1.32. The molecular weight excluding hydrogens is 424 g/mol. The van der Waals surface area contributed by atoms with Crippen LogP contribution in [0.4, 0.5) is 11.5 Å². The average Bonchev–Trinajstić information content (AvgIpc) is 3.18. The molecule has 1 saturated carbocycles. The lowest BCUT2D eigenvalue weighted by Gasteiger charge is -2.30. The number of anilines is 2. The van der Waals surface area contributed by atoms with E-state index in [4.69, 9.17) is 9.26 Å². The molecule has 178 valence electrons. The van der Waals surface area contributed by atoms with E-state index in [2.05, 4.69) is 30.7 Å². The molecule has 4 rings (SSSR count). The van der Waals surface area contributed by atoms with Crippen molar-refractivity contribution in [1.29, 1.82) is 0 Å². The van der Waals surface area contributed by atoms with E-state index >= 15 is 0 Å². The van der Waals surface area contributed by atoms with Crippen molar-refractivity contribution in [2.45, 2.75) is 63.8 Å². The lowest BCUT2D eigenvalue weighted by atomic mass is 9.89. The fourth-order valence-corrected chi connectivity index (χ4v) is 4.51. The summed E-state index contributed by atoms with van der Waals surface area (Å²) in [4.78, 5) is 35.4. The Hall–Kier alpha value is -3.01. The molecule has 33 heavy (non-hydrogen) atoms. The van der Waals surface area contributed by atoms with Gasteiger partial charge in [-0.3, -0.25) is 9.59 Å². The van der Waals surface area contributed by atoms with E-state index in [1.54, 1.807) is 6.20 Å². The number of morpholine rings is 1. The van der Waals surface area contributed by atoms with E-state index < -0.39 is 5.54 Å². The lowest BCUT2D eigenvalue weighted by molar-refractivity contribution is -0.121. The van der Waals surface area contributed by atoms with Crippen molar-refractivity contribution in [2.24, 2.45) is 0 Å². The molecule has 3 heterocycles. The molecule has 2 fully saturated rings. The van der Waals surface area contributed by atoms with Crippen molar-refractivity contribution in [2.75, 3.05) is 36.5 Å². The van der Waals surface area contributed by atoms with E-state index in [9.17, 15) is 9.59 Å². The number of hydrogen-bond acceptors (Lipinski definition) is 8. The number of carbonyl (C=O) groups excluding carboxylic acids is 2. The molecule has 2 N–H and O–H groups in total. The van der Waals surface area contributed by atoms with Crippen LogP contribution >= 0.6 is 0 Å². The van der Waals surface area contributed by atoms with Crippen LogP contribution in [0.2, 0.25) is 0 Å². The van der Waals surface area contributed by atoms with Crippen LogP contribution in [-0.4, -0.2) is 53.2 Å². The first-order valence-corrected chi connectivity index (χ1v) is 11.7. The van der Waals surface area contributed by atoms with Crippen LogP contribution < -0.4 is 15.5 Å². The molecule has 2 aromatic heterocycles. The molecule has 2 aromatic rings. The van der Waals surface area contributed by atoms with Crippen molar-refractivity contribution in [3.05, 3.63) is 30.0 Å². The normalized spacial score (nSPS) is 18.4. The number of ether oxygens (including phenoxy) is 1. The first kappa shape index (κ1) is 23.2. The third kappa shape index (κ3) is 6.07. The van der Waals surface area contributed by atoms with Gasteiger partial charge in [-0.05, 0) is 25.0 Å². The maximum absolute atomic E-state index is 12.4. The summed E-state index contributed by atoms with van der Waals surface area (Å²) in [5.41, 5.74) is 0.0616. The molecule has 2 aliphatic rings. The smallest absolute Gasteiger partial charge is 0.227 e. The quantitative estimate of drug-likeness (QED) is 0.610. The predicted molar refractivity (Wildman–Crippen MR) is 122 cm³/mol. The molecule has 0 spiro atoms. The van der Waals surface area contributed by atoms with Gasteiger partial charge in [-0.15, -0.1) is 0 Å². The molecule has 10 nitrogen and oxygen atoms in total. The predicted octanol–water partition coefficient (Wildman–Crippen LogP) is 2.56. The molecule has 1 aliphatic heterocycles. The average molecular weight is 457 g/mol. The second-order valence-electron chi connectivity index (χ2n) is 8.74. The zero-order chi connectivity index (χ0) is 23.1. The van der Waals surface area contributed by atoms with Gasteiger partial charge in [0.05, 0.1) is 25.1 Å². The van der Waals surface area contributed by atoms with Gasteiger partial charge in [-0.25, -0.2) is 4.98 Å². The number of pyridine rings is 1. The fourth-order valence-electron chi connectivity index (χ4n) is 4.51.